The molecule has 3 aromatic carbocycles. The number of fused-ring (bicyclic) bond motifs is 1. The molecule has 1 amide bonds. The van der Waals surface area contributed by atoms with Crippen LogP contribution in [0.5, 0.6) is 0 Å². The summed E-state index contributed by atoms with van der Waals surface area (Å²) in [7, 11) is 0. The lowest BCUT2D eigenvalue weighted by Gasteiger charge is -2.29. The number of nitrogens with zero attached hydrogens (tertiary/aromatic N) is 2. The van der Waals surface area contributed by atoms with Crippen LogP contribution >= 0.6 is 0 Å². The highest BCUT2D eigenvalue weighted by Crippen LogP contribution is 2.29. The van der Waals surface area contributed by atoms with Gasteiger partial charge >= 0.3 is 0 Å². The number of hydrogen-bond acceptors (Lipinski definition) is 5. The van der Waals surface area contributed by atoms with Crippen molar-refractivity contribution in [2.24, 2.45) is 0 Å². The van der Waals surface area contributed by atoms with Gasteiger partial charge in [0.15, 0.2) is 5.69 Å². The summed E-state index contributed by atoms with van der Waals surface area (Å²) >= 11 is 0. The Morgan fingerprint density at radius 2 is 1.79 bits per heavy atom. The number of pyridine rings is 1. The summed E-state index contributed by atoms with van der Waals surface area (Å²) in [5.74, 6) is -0.167. The fourth-order valence-electron chi connectivity index (χ4n) is 3.69. The summed E-state index contributed by atoms with van der Waals surface area (Å²) in [5, 5.41) is 13.9. The van der Waals surface area contributed by atoms with Gasteiger partial charge in [-0.2, -0.15) is 0 Å². The standard InChI is InChI=1S/C26H22N6O/c1-27-19-9-10-24-23(14-19)25(11-12-29-24)31-18-7-5-17(6-8-18)26(33)32-21-4-2-3-20(13-21)30-22-15-28-16-22/h2-14,22,28,30H,15-16H2,(H,29,31)(H,32,33). The molecule has 0 unspecified atom stereocenters. The van der Waals surface area contributed by atoms with Gasteiger partial charge in [0.25, 0.3) is 5.91 Å². The number of carbonyl (C=O) groups excluding carboxylic acids is 1. The minimum atomic E-state index is -0.167. The Morgan fingerprint density at radius 3 is 2.55 bits per heavy atom. The first-order valence-corrected chi connectivity index (χ1v) is 10.7. The molecule has 0 spiro atoms. The second kappa shape index (κ2) is 8.99. The molecule has 5 rings (SSSR count). The normalized spacial score (nSPS) is 13.1. The van der Waals surface area contributed by atoms with Gasteiger partial charge in [0.2, 0.25) is 0 Å². The van der Waals surface area contributed by atoms with Crippen LogP contribution in [0.1, 0.15) is 10.4 Å². The molecule has 0 saturated carbocycles. The topological polar surface area (TPSA) is 82.4 Å². The molecule has 4 aromatic rings. The van der Waals surface area contributed by atoms with Crippen molar-refractivity contribution in [2.45, 2.75) is 6.04 Å². The lowest BCUT2D eigenvalue weighted by atomic mass is 10.1. The van der Waals surface area contributed by atoms with E-state index >= 15 is 0 Å². The first kappa shape index (κ1) is 20.5. The quantitative estimate of drug-likeness (QED) is 0.315. The fourth-order valence-corrected chi connectivity index (χ4v) is 3.69. The maximum atomic E-state index is 12.7. The van der Waals surface area contributed by atoms with E-state index in [1.165, 1.54) is 0 Å². The summed E-state index contributed by atoms with van der Waals surface area (Å²) in [6.07, 6.45) is 1.73. The van der Waals surface area contributed by atoms with Gasteiger partial charge in [-0.05, 0) is 60.7 Å². The number of carbonyl (C=O) groups is 1. The van der Waals surface area contributed by atoms with E-state index in [1.807, 2.05) is 54.6 Å². The van der Waals surface area contributed by atoms with E-state index in [2.05, 4.69) is 31.1 Å². The van der Waals surface area contributed by atoms with Gasteiger partial charge in [-0.25, -0.2) is 4.85 Å². The van der Waals surface area contributed by atoms with Crippen molar-refractivity contribution in [2.75, 3.05) is 29.0 Å². The Balaban J connectivity index is 1.28. The van der Waals surface area contributed by atoms with E-state index < -0.39 is 0 Å². The molecule has 1 aliphatic heterocycles. The molecule has 7 nitrogen and oxygen atoms in total. The number of aromatic nitrogens is 1. The van der Waals surface area contributed by atoms with E-state index in [-0.39, 0.29) is 5.91 Å². The molecule has 4 N–H and O–H groups in total. The highest BCUT2D eigenvalue weighted by Gasteiger charge is 2.16. The molecule has 0 bridgehead atoms. The van der Waals surface area contributed by atoms with Crippen LogP contribution in [0.4, 0.5) is 28.4 Å². The third-order valence-corrected chi connectivity index (χ3v) is 5.55. The molecule has 1 saturated heterocycles. The zero-order valence-corrected chi connectivity index (χ0v) is 17.8. The largest absolute Gasteiger partial charge is 0.380 e. The molecule has 33 heavy (non-hydrogen) atoms. The lowest BCUT2D eigenvalue weighted by Crippen LogP contribution is -2.51. The average molecular weight is 435 g/mol. The van der Waals surface area contributed by atoms with Crippen LogP contribution in [0.2, 0.25) is 0 Å². The van der Waals surface area contributed by atoms with E-state index in [9.17, 15) is 4.79 Å². The first-order valence-electron chi connectivity index (χ1n) is 10.7. The molecule has 162 valence electrons. The number of hydrogen-bond donors (Lipinski definition) is 4. The van der Waals surface area contributed by atoms with E-state index in [0.29, 0.717) is 17.3 Å². The molecule has 1 aromatic heterocycles. The van der Waals surface area contributed by atoms with Crippen LogP contribution in [-0.2, 0) is 0 Å². The summed E-state index contributed by atoms with van der Waals surface area (Å²) in [6.45, 7) is 9.15. The molecule has 0 atom stereocenters. The maximum Gasteiger partial charge on any atom is 0.255 e. The second-order valence-corrected chi connectivity index (χ2v) is 7.91. The Labute approximate surface area is 191 Å². The molecule has 1 aliphatic rings. The predicted molar refractivity (Wildman–Crippen MR) is 132 cm³/mol. The zero-order chi connectivity index (χ0) is 22.6. The van der Waals surface area contributed by atoms with Gasteiger partial charge in [0.05, 0.1) is 18.1 Å². The number of benzene rings is 3. The van der Waals surface area contributed by atoms with Crippen LogP contribution in [0.15, 0.2) is 79.0 Å². The fraction of sp³-hybridized carbons (Fsp3) is 0.115. The van der Waals surface area contributed by atoms with Crippen molar-refractivity contribution in [3.05, 3.63) is 96.0 Å². The van der Waals surface area contributed by atoms with Crippen molar-refractivity contribution in [1.29, 1.82) is 0 Å². The molecule has 1 fully saturated rings. The van der Waals surface area contributed by atoms with E-state index in [4.69, 9.17) is 6.57 Å². The van der Waals surface area contributed by atoms with Crippen LogP contribution in [0, 0.1) is 6.57 Å². The van der Waals surface area contributed by atoms with E-state index in [1.54, 1.807) is 24.4 Å². The Bertz CT molecular complexity index is 1360. The Kier molecular flexibility index (Phi) is 5.58. The van der Waals surface area contributed by atoms with Gasteiger partial charge in [-0.3, -0.25) is 9.78 Å². The highest BCUT2D eigenvalue weighted by atomic mass is 16.1. The smallest absolute Gasteiger partial charge is 0.255 e. The highest BCUT2D eigenvalue weighted by molar-refractivity contribution is 6.04. The third kappa shape index (κ3) is 4.61. The first-order chi connectivity index (χ1) is 16.2. The summed E-state index contributed by atoms with van der Waals surface area (Å²) in [5.41, 5.74) is 5.38. The zero-order valence-electron chi connectivity index (χ0n) is 17.8. The number of nitrogens with one attached hydrogen (secondary N) is 4. The third-order valence-electron chi connectivity index (χ3n) is 5.55. The van der Waals surface area contributed by atoms with Gasteiger partial charge in [0, 0.05) is 53.0 Å². The SMILES string of the molecule is [C-]#[N+]c1ccc2nccc(Nc3ccc(C(=O)Nc4cccc(NC5CNC5)c4)cc3)c2c1. The number of anilines is 4. The lowest BCUT2D eigenvalue weighted by molar-refractivity contribution is 0.102. The second-order valence-electron chi connectivity index (χ2n) is 7.91. The summed E-state index contributed by atoms with van der Waals surface area (Å²) < 4.78 is 0. The van der Waals surface area contributed by atoms with Crippen molar-refractivity contribution in [3.8, 4) is 0 Å². The van der Waals surface area contributed by atoms with Crippen molar-refractivity contribution >= 4 is 45.2 Å². The summed E-state index contributed by atoms with van der Waals surface area (Å²) in [6, 6.07) is 22.8. The Hall–Kier alpha value is -4.41. The van der Waals surface area contributed by atoms with Crippen molar-refractivity contribution in [3.63, 3.8) is 0 Å². The van der Waals surface area contributed by atoms with Crippen LogP contribution < -0.4 is 21.3 Å². The van der Waals surface area contributed by atoms with Crippen LogP contribution in [-0.4, -0.2) is 30.0 Å². The molecule has 2 heterocycles. The monoisotopic (exact) mass is 434 g/mol. The summed E-state index contributed by atoms with van der Waals surface area (Å²) in [4.78, 5) is 20.6. The van der Waals surface area contributed by atoms with Gasteiger partial charge in [-0.1, -0.05) is 12.1 Å². The minimum absolute atomic E-state index is 0.167. The van der Waals surface area contributed by atoms with Gasteiger partial charge in [0.1, 0.15) is 0 Å². The van der Waals surface area contributed by atoms with Crippen molar-refractivity contribution < 1.29 is 4.79 Å². The van der Waals surface area contributed by atoms with Gasteiger partial charge in [-0.15, -0.1) is 0 Å². The van der Waals surface area contributed by atoms with Crippen LogP contribution in [0.3, 0.4) is 0 Å². The van der Waals surface area contributed by atoms with Gasteiger partial charge < -0.3 is 21.3 Å². The Morgan fingerprint density at radius 1 is 0.970 bits per heavy atom. The number of amides is 1. The predicted octanol–water partition coefficient (Wildman–Crippen LogP) is 5.17. The molecule has 7 heteroatoms. The maximum absolute atomic E-state index is 12.7. The molecule has 0 radical (unpaired) electrons. The number of rotatable bonds is 6. The van der Waals surface area contributed by atoms with Crippen molar-refractivity contribution in [1.82, 2.24) is 10.3 Å². The molecular weight excluding hydrogens is 412 g/mol. The molecular formula is C26H22N6O. The minimum Gasteiger partial charge on any atom is -0.380 e. The van der Waals surface area contributed by atoms with E-state index in [0.717, 1.165) is 46.7 Å². The van der Waals surface area contributed by atoms with Crippen LogP contribution in [0.25, 0.3) is 15.7 Å². The molecule has 0 aliphatic carbocycles. The average Bonchev–Trinajstić information content (AvgIpc) is 2.82.